The Kier molecular flexibility index (Phi) is 5.87. The van der Waals surface area contributed by atoms with Crippen molar-refractivity contribution in [1.29, 1.82) is 0 Å². The summed E-state index contributed by atoms with van der Waals surface area (Å²) in [5.74, 6) is -0.0283. The van der Waals surface area contributed by atoms with Crippen molar-refractivity contribution in [2.24, 2.45) is 0 Å². The number of ketones is 1. The number of benzene rings is 2. The molecule has 0 fully saturated rings. The van der Waals surface area contributed by atoms with Gasteiger partial charge in [-0.1, -0.05) is 0 Å². The van der Waals surface area contributed by atoms with Gasteiger partial charge in [0.1, 0.15) is 17.1 Å². The molecule has 2 aromatic carbocycles. The van der Waals surface area contributed by atoms with Crippen LogP contribution in [0.2, 0.25) is 0 Å². The van der Waals surface area contributed by atoms with Crippen molar-refractivity contribution in [3.8, 4) is 23.0 Å². The largest absolute Gasteiger partial charge is 0.497 e. The normalized spacial score (nSPS) is 11.6. The molecule has 0 aliphatic carbocycles. The summed E-state index contributed by atoms with van der Waals surface area (Å²) in [7, 11) is 2.89. The fourth-order valence-corrected chi connectivity index (χ4v) is 2.70. The first-order chi connectivity index (χ1) is 13.9. The monoisotopic (exact) mass is 401 g/mol. The van der Waals surface area contributed by atoms with Gasteiger partial charge in [-0.25, -0.2) is 4.79 Å². The molecule has 1 amide bonds. The Morgan fingerprint density at radius 2 is 1.72 bits per heavy atom. The highest BCUT2D eigenvalue weighted by Crippen LogP contribution is 2.37. The van der Waals surface area contributed by atoms with E-state index in [1.165, 1.54) is 45.4 Å². The molecule has 2 aromatic rings. The van der Waals surface area contributed by atoms with Gasteiger partial charge in [-0.2, -0.15) is 0 Å². The SMILES string of the molecule is COc1ccc(C(=O)OCC(=O)Nc2cc3c(cc2C(C)=O)OCO3)c(OC)c1. The summed E-state index contributed by atoms with van der Waals surface area (Å²) in [5.41, 5.74) is 0.643. The fraction of sp³-hybridized carbons (Fsp3) is 0.250. The van der Waals surface area contributed by atoms with Crippen molar-refractivity contribution < 1.29 is 38.1 Å². The summed E-state index contributed by atoms with van der Waals surface area (Å²) in [6, 6.07) is 7.57. The molecule has 0 unspecified atom stereocenters. The molecule has 152 valence electrons. The molecule has 0 saturated heterocycles. The van der Waals surface area contributed by atoms with Gasteiger partial charge in [0.2, 0.25) is 6.79 Å². The van der Waals surface area contributed by atoms with Crippen LogP contribution >= 0.6 is 0 Å². The molecule has 1 aliphatic rings. The van der Waals surface area contributed by atoms with E-state index in [4.69, 9.17) is 23.7 Å². The lowest BCUT2D eigenvalue weighted by Gasteiger charge is -2.12. The molecule has 0 radical (unpaired) electrons. The molecule has 9 nitrogen and oxygen atoms in total. The van der Waals surface area contributed by atoms with Crippen molar-refractivity contribution in [3.63, 3.8) is 0 Å². The van der Waals surface area contributed by atoms with E-state index in [0.717, 1.165) is 0 Å². The minimum Gasteiger partial charge on any atom is -0.497 e. The van der Waals surface area contributed by atoms with Gasteiger partial charge in [0, 0.05) is 17.7 Å². The van der Waals surface area contributed by atoms with Crippen molar-refractivity contribution in [3.05, 3.63) is 41.5 Å². The Bertz CT molecular complexity index is 969. The molecule has 0 bridgehead atoms. The van der Waals surface area contributed by atoms with E-state index in [-0.39, 0.29) is 35.1 Å². The number of ether oxygens (including phenoxy) is 5. The third-order valence-corrected chi connectivity index (χ3v) is 4.13. The van der Waals surface area contributed by atoms with Gasteiger partial charge in [-0.3, -0.25) is 9.59 Å². The fourth-order valence-electron chi connectivity index (χ4n) is 2.70. The molecule has 0 spiro atoms. The second-order valence-electron chi connectivity index (χ2n) is 6.00. The summed E-state index contributed by atoms with van der Waals surface area (Å²) in [5, 5.41) is 2.55. The second kappa shape index (κ2) is 8.51. The van der Waals surface area contributed by atoms with Gasteiger partial charge in [0.15, 0.2) is 23.9 Å². The predicted octanol–water partition coefficient (Wildman–Crippen LogP) is 2.43. The molecule has 1 N–H and O–H groups in total. The van der Waals surface area contributed by atoms with Crippen LogP contribution in [0, 0.1) is 0 Å². The van der Waals surface area contributed by atoms with Crippen LogP contribution in [0.1, 0.15) is 27.6 Å². The number of hydrogen-bond acceptors (Lipinski definition) is 8. The van der Waals surface area contributed by atoms with Crippen molar-refractivity contribution in [2.75, 3.05) is 32.9 Å². The maximum Gasteiger partial charge on any atom is 0.342 e. The molecule has 1 heterocycles. The highest BCUT2D eigenvalue weighted by atomic mass is 16.7. The van der Waals surface area contributed by atoms with Gasteiger partial charge in [0.05, 0.1) is 19.9 Å². The van der Waals surface area contributed by atoms with Gasteiger partial charge in [-0.15, -0.1) is 0 Å². The number of anilines is 1. The van der Waals surface area contributed by atoms with E-state index in [2.05, 4.69) is 5.32 Å². The average molecular weight is 401 g/mol. The Morgan fingerprint density at radius 3 is 2.38 bits per heavy atom. The van der Waals surface area contributed by atoms with Crippen LogP contribution in [0.5, 0.6) is 23.0 Å². The smallest absolute Gasteiger partial charge is 0.342 e. The van der Waals surface area contributed by atoms with Crippen LogP contribution in [0.25, 0.3) is 0 Å². The van der Waals surface area contributed by atoms with E-state index < -0.39 is 18.5 Å². The van der Waals surface area contributed by atoms with Crippen molar-refractivity contribution in [2.45, 2.75) is 6.92 Å². The summed E-state index contributed by atoms with van der Waals surface area (Å²) < 4.78 is 25.8. The standard InChI is InChI=1S/C20H19NO8/c1-11(22)14-7-17-18(29-10-28-17)8-15(14)21-19(23)9-27-20(24)13-5-4-12(25-2)6-16(13)26-3/h4-8H,9-10H2,1-3H3,(H,21,23). The number of esters is 1. The average Bonchev–Trinajstić information content (AvgIpc) is 3.18. The first kappa shape index (κ1) is 20.0. The predicted molar refractivity (Wildman–Crippen MR) is 101 cm³/mol. The quantitative estimate of drug-likeness (QED) is 0.557. The van der Waals surface area contributed by atoms with E-state index in [1.54, 1.807) is 6.07 Å². The summed E-state index contributed by atoms with van der Waals surface area (Å²) in [6.07, 6.45) is 0. The second-order valence-corrected chi connectivity index (χ2v) is 6.00. The summed E-state index contributed by atoms with van der Waals surface area (Å²) >= 11 is 0. The maximum atomic E-state index is 12.3. The van der Waals surface area contributed by atoms with Gasteiger partial charge in [0.25, 0.3) is 5.91 Å². The number of hydrogen-bond donors (Lipinski definition) is 1. The molecule has 1 aliphatic heterocycles. The lowest BCUT2D eigenvalue weighted by molar-refractivity contribution is -0.119. The molecule has 29 heavy (non-hydrogen) atoms. The minimum atomic E-state index is -0.739. The number of Topliss-reactive ketones (excluding diaryl/α,β-unsaturated/α-hetero) is 1. The number of fused-ring (bicyclic) bond motifs is 1. The zero-order valence-corrected chi connectivity index (χ0v) is 16.1. The first-order valence-electron chi connectivity index (χ1n) is 8.56. The maximum absolute atomic E-state index is 12.3. The van der Waals surface area contributed by atoms with Crippen LogP contribution in [-0.4, -0.2) is 45.3 Å². The number of carbonyl (C=O) groups is 3. The third kappa shape index (κ3) is 4.40. The highest BCUT2D eigenvalue weighted by Gasteiger charge is 2.21. The Hall–Kier alpha value is -3.75. The zero-order valence-electron chi connectivity index (χ0n) is 16.1. The minimum absolute atomic E-state index is 0.0331. The first-order valence-corrected chi connectivity index (χ1v) is 8.56. The van der Waals surface area contributed by atoms with E-state index >= 15 is 0 Å². The molecule has 0 aromatic heterocycles. The molecule has 3 rings (SSSR count). The third-order valence-electron chi connectivity index (χ3n) is 4.13. The lowest BCUT2D eigenvalue weighted by Crippen LogP contribution is -2.22. The van der Waals surface area contributed by atoms with Crippen LogP contribution in [0.15, 0.2) is 30.3 Å². The van der Waals surface area contributed by atoms with Gasteiger partial charge >= 0.3 is 5.97 Å². The van der Waals surface area contributed by atoms with Crippen LogP contribution < -0.4 is 24.3 Å². The van der Waals surface area contributed by atoms with Crippen molar-refractivity contribution in [1.82, 2.24) is 0 Å². The molecule has 0 saturated carbocycles. The van der Waals surface area contributed by atoms with Crippen LogP contribution in [-0.2, 0) is 9.53 Å². The topological polar surface area (TPSA) is 109 Å². The number of methoxy groups -OCH3 is 2. The van der Waals surface area contributed by atoms with Gasteiger partial charge < -0.3 is 29.0 Å². The Labute approximate surface area is 166 Å². The van der Waals surface area contributed by atoms with Crippen LogP contribution in [0.3, 0.4) is 0 Å². The number of rotatable bonds is 7. The molecular weight excluding hydrogens is 382 g/mol. The molecule has 0 atom stereocenters. The van der Waals surface area contributed by atoms with Crippen molar-refractivity contribution >= 4 is 23.3 Å². The summed E-state index contributed by atoms with van der Waals surface area (Å²) in [6.45, 7) is 0.842. The lowest BCUT2D eigenvalue weighted by atomic mass is 10.1. The summed E-state index contributed by atoms with van der Waals surface area (Å²) in [4.78, 5) is 36.4. The number of nitrogens with one attached hydrogen (secondary N) is 1. The van der Waals surface area contributed by atoms with E-state index in [9.17, 15) is 14.4 Å². The Balaban J connectivity index is 1.68. The van der Waals surface area contributed by atoms with Gasteiger partial charge in [-0.05, 0) is 25.1 Å². The zero-order chi connectivity index (χ0) is 21.0. The Morgan fingerprint density at radius 1 is 1.00 bits per heavy atom. The van der Waals surface area contributed by atoms with E-state index in [1.807, 2.05) is 0 Å². The molecular formula is C20H19NO8. The molecule has 9 heteroatoms. The number of carbonyl (C=O) groups excluding carboxylic acids is 3. The highest BCUT2D eigenvalue weighted by molar-refractivity contribution is 6.05. The van der Waals surface area contributed by atoms with Crippen LogP contribution in [0.4, 0.5) is 5.69 Å². The number of amides is 1. The van der Waals surface area contributed by atoms with E-state index in [0.29, 0.717) is 17.2 Å².